The summed E-state index contributed by atoms with van der Waals surface area (Å²) >= 11 is 0. The number of nitrogens with zero attached hydrogens (tertiary/aromatic N) is 3. The summed E-state index contributed by atoms with van der Waals surface area (Å²) in [4.78, 5) is 34.4. The van der Waals surface area contributed by atoms with Gasteiger partial charge in [0.2, 0.25) is 17.8 Å². The fraction of sp³-hybridized carbons (Fsp3) is 0.483. The predicted octanol–water partition coefficient (Wildman–Crippen LogP) is 4.17. The second-order valence-corrected chi connectivity index (χ2v) is 10.1. The topological polar surface area (TPSA) is 154 Å². The van der Waals surface area contributed by atoms with Crippen LogP contribution in [0.3, 0.4) is 0 Å². The minimum absolute atomic E-state index is 0.0688. The van der Waals surface area contributed by atoms with E-state index in [0.717, 1.165) is 24.3 Å². The fourth-order valence-electron chi connectivity index (χ4n) is 3.42. The van der Waals surface area contributed by atoms with Crippen LogP contribution in [0.1, 0.15) is 58.1 Å². The molecule has 0 saturated carbocycles. The van der Waals surface area contributed by atoms with Crippen molar-refractivity contribution in [2.45, 2.75) is 52.6 Å². The minimum atomic E-state index is -0.617. The monoisotopic (exact) mass is 566 g/mol. The van der Waals surface area contributed by atoms with Crippen molar-refractivity contribution in [3.63, 3.8) is 0 Å². The number of benzene rings is 1. The number of methoxy groups -OCH3 is 1. The number of aromatic nitrogens is 2. The van der Waals surface area contributed by atoms with Crippen LogP contribution in [0.2, 0.25) is 0 Å². The smallest absolute Gasteiger partial charge is 0.410 e. The van der Waals surface area contributed by atoms with Gasteiger partial charge in [0.25, 0.3) is 0 Å². The number of likely N-dealkylation sites (N-methyl/N-ethyl adjacent to an activating group) is 1. The number of anilines is 4. The quantitative estimate of drug-likeness (QED) is 0.110. The standard InChI is InChI=1S/C29H42N8O4/c1-8-15-33-26-20(12-10-9-11-16-32-24(38)19-37(6)28(39)41-29(2,3)4)18-34-27(36-26)35-21-13-14-22(25(30)40-7)23(17-21)31-5/h13-14,17-18,30-31H,8-9,11,15-16,19H2,1-7H3,(H,32,38)(H2,33,34,35,36). The molecule has 0 fully saturated rings. The van der Waals surface area contributed by atoms with Gasteiger partial charge in [-0.3, -0.25) is 10.2 Å². The predicted molar refractivity (Wildman–Crippen MR) is 162 cm³/mol. The van der Waals surface area contributed by atoms with E-state index in [4.69, 9.17) is 14.9 Å². The molecule has 12 heteroatoms. The van der Waals surface area contributed by atoms with Gasteiger partial charge in [0, 0.05) is 45.0 Å². The average Bonchev–Trinajstić information content (AvgIpc) is 2.92. The first-order valence-corrected chi connectivity index (χ1v) is 13.5. The lowest BCUT2D eigenvalue weighted by Crippen LogP contribution is -2.41. The Labute approximate surface area is 242 Å². The molecule has 0 radical (unpaired) electrons. The van der Waals surface area contributed by atoms with Gasteiger partial charge >= 0.3 is 6.09 Å². The van der Waals surface area contributed by atoms with Crippen molar-refractivity contribution >= 4 is 41.0 Å². The normalized spacial score (nSPS) is 10.5. The van der Waals surface area contributed by atoms with E-state index in [1.165, 1.54) is 19.1 Å². The zero-order chi connectivity index (χ0) is 30.4. The SMILES string of the molecule is CCCNc1nc(Nc2ccc(C(=N)OC)c(NC)c2)ncc1C#CCCCNC(=O)CN(C)C(=O)OC(C)(C)C. The third-order valence-corrected chi connectivity index (χ3v) is 5.43. The summed E-state index contributed by atoms with van der Waals surface area (Å²) in [6.45, 7) is 8.48. The van der Waals surface area contributed by atoms with Crippen molar-refractivity contribution in [1.82, 2.24) is 20.2 Å². The number of ether oxygens (including phenoxy) is 2. The van der Waals surface area contributed by atoms with Crippen LogP contribution in [0.25, 0.3) is 0 Å². The highest BCUT2D eigenvalue weighted by Gasteiger charge is 2.21. The first-order valence-electron chi connectivity index (χ1n) is 13.5. The Hall–Kier alpha value is -4.53. The van der Waals surface area contributed by atoms with Crippen LogP contribution < -0.4 is 21.3 Å². The average molecular weight is 567 g/mol. The Morgan fingerprint density at radius 2 is 1.95 bits per heavy atom. The number of nitrogens with one attached hydrogen (secondary N) is 5. The molecule has 0 aliphatic heterocycles. The Kier molecular flexibility index (Phi) is 12.7. The maximum absolute atomic E-state index is 12.1. The molecule has 0 aliphatic rings. The molecule has 2 rings (SSSR count). The summed E-state index contributed by atoms with van der Waals surface area (Å²) in [5.74, 6) is 7.08. The van der Waals surface area contributed by atoms with Crippen molar-refractivity contribution in [2.75, 3.05) is 56.8 Å². The van der Waals surface area contributed by atoms with E-state index >= 15 is 0 Å². The van der Waals surface area contributed by atoms with Gasteiger partial charge in [-0.25, -0.2) is 9.78 Å². The van der Waals surface area contributed by atoms with E-state index in [1.807, 2.05) is 12.1 Å². The molecule has 0 atom stereocenters. The first-order chi connectivity index (χ1) is 19.5. The second kappa shape index (κ2) is 15.9. The Balaban J connectivity index is 1.96. The Morgan fingerprint density at radius 1 is 1.20 bits per heavy atom. The molecule has 12 nitrogen and oxygen atoms in total. The molecule has 5 N–H and O–H groups in total. The highest BCUT2D eigenvalue weighted by Crippen LogP contribution is 2.24. The van der Waals surface area contributed by atoms with Crippen LogP contribution in [-0.4, -0.2) is 79.2 Å². The lowest BCUT2D eigenvalue weighted by molar-refractivity contribution is -0.122. The number of amides is 2. The third kappa shape index (κ3) is 11.2. The third-order valence-electron chi connectivity index (χ3n) is 5.43. The van der Waals surface area contributed by atoms with Gasteiger partial charge in [0.05, 0.1) is 24.4 Å². The van der Waals surface area contributed by atoms with E-state index in [9.17, 15) is 9.59 Å². The summed E-state index contributed by atoms with van der Waals surface area (Å²) < 4.78 is 10.3. The molecule has 0 spiro atoms. The summed E-state index contributed by atoms with van der Waals surface area (Å²) in [6, 6.07) is 5.47. The molecule has 0 saturated heterocycles. The van der Waals surface area contributed by atoms with Crippen LogP contribution in [0.15, 0.2) is 24.4 Å². The summed E-state index contributed by atoms with van der Waals surface area (Å²) in [5.41, 5.74) is 2.19. The number of unbranched alkanes of at least 4 members (excludes halogenated alkanes) is 1. The zero-order valence-electron chi connectivity index (χ0n) is 25.0. The molecule has 2 amide bonds. The zero-order valence-corrected chi connectivity index (χ0v) is 25.0. The molecular formula is C29H42N8O4. The molecule has 0 bridgehead atoms. The van der Waals surface area contributed by atoms with Gasteiger partial charge in [-0.15, -0.1) is 0 Å². The lowest BCUT2D eigenvalue weighted by Gasteiger charge is -2.24. The number of rotatable bonds is 12. The van der Waals surface area contributed by atoms with Crippen molar-refractivity contribution < 1.29 is 19.1 Å². The molecule has 222 valence electrons. The van der Waals surface area contributed by atoms with Crippen LogP contribution in [0.5, 0.6) is 0 Å². The lowest BCUT2D eigenvalue weighted by atomic mass is 10.1. The number of carbonyl (C=O) groups excluding carboxylic acids is 2. The van der Waals surface area contributed by atoms with E-state index in [0.29, 0.717) is 42.3 Å². The van der Waals surface area contributed by atoms with Crippen molar-refractivity contribution in [1.29, 1.82) is 5.41 Å². The van der Waals surface area contributed by atoms with Gasteiger partial charge < -0.3 is 35.6 Å². The van der Waals surface area contributed by atoms with Crippen LogP contribution >= 0.6 is 0 Å². The van der Waals surface area contributed by atoms with Crippen LogP contribution in [0, 0.1) is 17.3 Å². The summed E-state index contributed by atoms with van der Waals surface area (Å²) in [7, 11) is 4.77. The first kappa shape index (κ1) is 32.7. The van der Waals surface area contributed by atoms with Crippen LogP contribution in [-0.2, 0) is 14.3 Å². The van der Waals surface area contributed by atoms with E-state index in [-0.39, 0.29) is 18.3 Å². The number of hydrogen-bond acceptors (Lipinski definition) is 10. The van der Waals surface area contributed by atoms with Crippen molar-refractivity contribution in [2.24, 2.45) is 0 Å². The van der Waals surface area contributed by atoms with Gasteiger partial charge in [0.1, 0.15) is 18.0 Å². The Morgan fingerprint density at radius 3 is 2.61 bits per heavy atom. The van der Waals surface area contributed by atoms with E-state index in [1.54, 1.807) is 40.1 Å². The maximum Gasteiger partial charge on any atom is 0.410 e. The van der Waals surface area contributed by atoms with Crippen LogP contribution in [0.4, 0.5) is 27.9 Å². The Bertz CT molecular complexity index is 1260. The molecule has 1 heterocycles. The highest BCUT2D eigenvalue weighted by atomic mass is 16.6. The molecule has 0 aliphatic carbocycles. The second-order valence-electron chi connectivity index (χ2n) is 10.1. The molecule has 1 aromatic heterocycles. The maximum atomic E-state index is 12.1. The summed E-state index contributed by atoms with van der Waals surface area (Å²) in [5, 5.41) is 20.3. The van der Waals surface area contributed by atoms with E-state index < -0.39 is 11.7 Å². The van der Waals surface area contributed by atoms with Gasteiger partial charge in [-0.05, 0) is 51.8 Å². The van der Waals surface area contributed by atoms with Crippen molar-refractivity contribution in [3.8, 4) is 11.8 Å². The molecule has 1 aromatic carbocycles. The fourth-order valence-corrected chi connectivity index (χ4v) is 3.42. The number of carbonyl (C=O) groups is 2. The minimum Gasteiger partial charge on any atom is -0.481 e. The van der Waals surface area contributed by atoms with Crippen molar-refractivity contribution in [3.05, 3.63) is 35.5 Å². The van der Waals surface area contributed by atoms with E-state index in [2.05, 4.69) is 50.0 Å². The highest BCUT2D eigenvalue weighted by molar-refractivity contribution is 5.98. The molecule has 2 aromatic rings. The molecule has 0 unspecified atom stereocenters. The molecule has 41 heavy (non-hydrogen) atoms. The molecular weight excluding hydrogens is 524 g/mol. The summed E-state index contributed by atoms with van der Waals surface area (Å²) in [6.07, 6.45) is 3.25. The number of hydrogen-bond donors (Lipinski definition) is 5. The van der Waals surface area contributed by atoms with Gasteiger partial charge in [-0.1, -0.05) is 18.8 Å². The van der Waals surface area contributed by atoms with Gasteiger partial charge in [0.15, 0.2) is 0 Å². The van der Waals surface area contributed by atoms with Gasteiger partial charge in [-0.2, -0.15) is 4.98 Å². The largest absolute Gasteiger partial charge is 0.481 e.